The lowest BCUT2D eigenvalue weighted by Crippen LogP contribution is -2.43. The SMILES string of the molecule is CC(CN1CCCCC1)NC(=O)c1cc(-c2ccccc2)nc2ccccc12. The Hall–Kier alpha value is -2.72. The van der Waals surface area contributed by atoms with Gasteiger partial charge in [-0.3, -0.25) is 4.79 Å². The third kappa shape index (κ3) is 4.23. The summed E-state index contributed by atoms with van der Waals surface area (Å²) < 4.78 is 0. The maximum absolute atomic E-state index is 13.1. The van der Waals surface area contributed by atoms with Crippen molar-refractivity contribution in [3.8, 4) is 11.3 Å². The lowest BCUT2D eigenvalue weighted by Gasteiger charge is -2.29. The highest BCUT2D eigenvalue weighted by atomic mass is 16.1. The number of nitrogens with one attached hydrogen (secondary N) is 1. The Morgan fingerprint density at radius 1 is 1.04 bits per heavy atom. The maximum atomic E-state index is 13.1. The van der Waals surface area contributed by atoms with E-state index in [0.717, 1.165) is 41.8 Å². The van der Waals surface area contributed by atoms with Crippen molar-refractivity contribution in [2.75, 3.05) is 19.6 Å². The molecular weight excluding hydrogens is 346 g/mol. The second-order valence-electron chi connectivity index (χ2n) is 7.67. The normalized spacial score (nSPS) is 16.0. The van der Waals surface area contributed by atoms with Gasteiger partial charge in [-0.25, -0.2) is 4.98 Å². The van der Waals surface area contributed by atoms with Crippen LogP contribution in [0.2, 0.25) is 0 Å². The van der Waals surface area contributed by atoms with Crippen molar-refractivity contribution in [2.24, 2.45) is 0 Å². The van der Waals surface area contributed by atoms with Crippen LogP contribution in [-0.2, 0) is 0 Å². The van der Waals surface area contributed by atoms with Crippen molar-refractivity contribution >= 4 is 16.8 Å². The number of pyridine rings is 1. The number of aromatic nitrogens is 1. The second kappa shape index (κ2) is 8.53. The van der Waals surface area contributed by atoms with Crippen LogP contribution in [0, 0.1) is 0 Å². The van der Waals surface area contributed by atoms with Crippen LogP contribution in [0.5, 0.6) is 0 Å². The van der Waals surface area contributed by atoms with Gasteiger partial charge < -0.3 is 10.2 Å². The van der Waals surface area contributed by atoms with E-state index in [1.807, 2.05) is 60.7 Å². The van der Waals surface area contributed by atoms with Crippen molar-refractivity contribution in [3.63, 3.8) is 0 Å². The Labute approximate surface area is 166 Å². The predicted octanol–water partition coefficient (Wildman–Crippen LogP) is 4.51. The fraction of sp³-hybridized carbons (Fsp3) is 0.333. The fourth-order valence-electron chi connectivity index (χ4n) is 4.00. The zero-order valence-electron chi connectivity index (χ0n) is 16.4. The van der Waals surface area contributed by atoms with Gasteiger partial charge >= 0.3 is 0 Å². The highest BCUT2D eigenvalue weighted by molar-refractivity contribution is 6.07. The summed E-state index contributed by atoms with van der Waals surface area (Å²) in [6.07, 6.45) is 3.84. The van der Waals surface area contributed by atoms with Crippen LogP contribution in [0.1, 0.15) is 36.5 Å². The Balaban J connectivity index is 1.60. The van der Waals surface area contributed by atoms with Crippen LogP contribution in [-0.4, -0.2) is 41.5 Å². The molecule has 1 saturated heterocycles. The van der Waals surface area contributed by atoms with Crippen molar-refractivity contribution in [2.45, 2.75) is 32.2 Å². The average molecular weight is 374 g/mol. The Morgan fingerprint density at radius 3 is 2.54 bits per heavy atom. The number of nitrogens with zero attached hydrogens (tertiary/aromatic N) is 2. The molecule has 1 N–H and O–H groups in total. The number of para-hydroxylation sites is 1. The number of carbonyl (C=O) groups is 1. The minimum atomic E-state index is -0.0275. The number of benzene rings is 2. The molecule has 0 spiro atoms. The van der Waals surface area contributed by atoms with Gasteiger partial charge in [-0.15, -0.1) is 0 Å². The molecule has 2 aromatic carbocycles. The molecule has 28 heavy (non-hydrogen) atoms. The van der Waals surface area contributed by atoms with E-state index in [0.29, 0.717) is 5.56 Å². The largest absolute Gasteiger partial charge is 0.348 e. The summed E-state index contributed by atoms with van der Waals surface area (Å²) in [5, 5.41) is 4.10. The van der Waals surface area contributed by atoms with E-state index in [9.17, 15) is 4.79 Å². The van der Waals surface area contributed by atoms with Gasteiger partial charge in [-0.05, 0) is 45.0 Å². The Bertz CT molecular complexity index is 948. The molecule has 144 valence electrons. The number of fused-ring (bicyclic) bond motifs is 1. The Kier molecular flexibility index (Phi) is 5.68. The molecule has 1 aliphatic rings. The Morgan fingerprint density at radius 2 is 1.75 bits per heavy atom. The van der Waals surface area contributed by atoms with Crippen molar-refractivity contribution in [1.29, 1.82) is 0 Å². The fourth-order valence-corrected chi connectivity index (χ4v) is 4.00. The summed E-state index contributed by atoms with van der Waals surface area (Å²) in [5.41, 5.74) is 3.38. The highest BCUT2D eigenvalue weighted by Crippen LogP contribution is 2.25. The first-order valence-corrected chi connectivity index (χ1v) is 10.2. The summed E-state index contributed by atoms with van der Waals surface area (Å²) >= 11 is 0. The van der Waals surface area contributed by atoms with Crippen LogP contribution in [0.25, 0.3) is 22.2 Å². The topological polar surface area (TPSA) is 45.2 Å². The minimum Gasteiger partial charge on any atom is -0.348 e. The average Bonchev–Trinajstić information content (AvgIpc) is 2.74. The molecular formula is C24H27N3O. The van der Waals surface area contributed by atoms with Crippen LogP contribution in [0.15, 0.2) is 60.7 Å². The molecule has 0 aliphatic carbocycles. The molecule has 1 fully saturated rings. The van der Waals surface area contributed by atoms with E-state index < -0.39 is 0 Å². The second-order valence-corrected chi connectivity index (χ2v) is 7.67. The lowest BCUT2D eigenvalue weighted by molar-refractivity contribution is 0.0927. The number of piperidine rings is 1. The van der Waals surface area contributed by atoms with Crippen molar-refractivity contribution < 1.29 is 4.79 Å². The molecule has 1 atom stereocenters. The van der Waals surface area contributed by atoms with Gasteiger partial charge in [0.05, 0.1) is 16.8 Å². The number of amides is 1. The minimum absolute atomic E-state index is 0.0275. The zero-order chi connectivity index (χ0) is 19.3. The first-order chi connectivity index (χ1) is 13.7. The summed E-state index contributed by atoms with van der Waals surface area (Å²) in [6.45, 7) is 5.27. The first-order valence-electron chi connectivity index (χ1n) is 10.2. The summed E-state index contributed by atoms with van der Waals surface area (Å²) in [4.78, 5) is 20.4. The molecule has 1 aromatic heterocycles. The van der Waals surface area contributed by atoms with E-state index in [-0.39, 0.29) is 11.9 Å². The number of hydrogen-bond donors (Lipinski definition) is 1. The quantitative estimate of drug-likeness (QED) is 0.716. The molecule has 0 radical (unpaired) electrons. The molecule has 0 bridgehead atoms. The number of hydrogen-bond acceptors (Lipinski definition) is 3. The monoisotopic (exact) mass is 373 g/mol. The molecule has 0 saturated carbocycles. The van der Waals surface area contributed by atoms with Crippen molar-refractivity contribution in [3.05, 3.63) is 66.2 Å². The molecule has 1 aliphatic heterocycles. The third-order valence-corrected chi connectivity index (χ3v) is 5.39. The zero-order valence-corrected chi connectivity index (χ0v) is 16.4. The molecule has 4 heteroatoms. The molecule has 4 rings (SSSR count). The van der Waals surface area contributed by atoms with Gasteiger partial charge in [-0.2, -0.15) is 0 Å². The van der Waals surface area contributed by atoms with E-state index in [1.165, 1.54) is 19.3 Å². The first kappa shape index (κ1) is 18.6. The summed E-state index contributed by atoms with van der Waals surface area (Å²) in [6, 6.07) is 19.9. The van der Waals surface area contributed by atoms with Crippen molar-refractivity contribution in [1.82, 2.24) is 15.2 Å². The van der Waals surface area contributed by atoms with Gasteiger partial charge in [0, 0.05) is 23.5 Å². The number of likely N-dealkylation sites (tertiary alicyclic amines) is 1. The van der Waals surface area contributed by atoms with E-state index in [1.54, 1.807) is 0 Å². The van der Waals surface area contributed by atoms with Gasteiger partial charge in [0.25, 0.3) is 5.91 Å². The third-order valence-electron chi connectivity index (χ3n) is 5.39. The maximum Gasteiger partial charge on any atom is 0.252 e. The van der Waals surface area contributed by atoms with Crippen LogP contribution >= 0.6 is 0 Å². The standard InChI is InChI=1S/C24H27N3O/c1-18(17-27-14-8-3-9-15-27)25-24(28)21-16-23(19-10-4-2-5-11-19)26-22-13-7-6-12-20(21)22/h2,4-7,10-13,16,18H,3,8-9,14-15,17H2,1H3,(H,25,28). The summed E-state index contributed by atoms with van der Waals surface area (Å²) in [5.74, 6) is -0.0275. The molecule has 3 aromatic rings. The van der Waals surface area contributed by atoms with E-state index in [2.05, 4.69) is 17.1 Å². The van der Waals surface area contributed by atoms with Gasteiger partial charge in [0.15, 0.2) is 0 Å². The van der Waals surface area contributed by atoms with E-state index in [4.69, 9.17) is 4.98 Å². The lowest BCUT2D eigenvalue weighted by atomic mass is 10.0. The highest BCUT2D eigenvalue weighted by Gasteiger charge is 2.18. The number of rotatable bonds is 5. The predicted molar refractivity (Wildman–Crippen MR) is 114 cm³/mol. The molecule has 4 nitrogen and oxygen atoms in total. The molecule has 2 heterocycles. The smallest absolute Gasteiger partial charge is 0.252 e. The summed E-state index contributed by atoms with van der Waals surface area (Å²) in [7, 11) is 0. The van der Waals surface area contributed by atoms with Crippen LogP contribution in [0.3, 0.4) is 0 Å². The number of carbonyl (C=O) groups excluding carboxylic acids is 1. The van der Waals surface area contributed by atoms with E-state index >= 15 is 0 Å². The van der Waals surface area contributed by atoms with Crippen LogP contribution in [0.4, 0.5) is 0 Å². The molecule has 1 amide bonds. The van der Waals surface area contributed by atoms with Gasteiger partial charge in [0.1, 0.15) is 0 Å². The molecule has 1 unspecified atom stereocenters. The van der Waals surface area contributed by atoms with Crippen LogP contribution < -0.4 is 5.32 Å². The van der Waals surface area contributed by atoms with Gasteiger partial charge in [0.2, 0.25) is 0 Å². The van der Waals surface area contributed by atoms with Gasteiger partial charge in [-0.1, -0.05) is 55.0 Å².